The van der Waals surface area contributed by atoms with Gasteiger partial charge >= 0.3 is 0 Å². The molecule has 0 fully saturated rings. The molecule has 132 valence electrons. The number of fused-ring (bicyclic) bond motifs is 1. The molecule has 2 amide bonds. The Bertz CT molecular complexity index is 825. The molecule has 1 aromatic heterocycles. The van der Waals surface area contributed by atoms with Crippen molar-refractivity contribution < 1.29 is 18.8 Å². The Morgan fingerprint density at radius 3 is 2.76 bits per heavy atom. The van der Waals surface area contributed by atoms with Crippen LogP contribution in [-0.2, 0) is 4.79 Å². The van der Waals surface area contributed by atoms with Crippen molar-refractivity contribution >= 4 is 23.2 Å². The number of ether oxygens (including phenoxy) is 1. The molecule has 0 aliphatic carbocycles. The van der Waals surface area contributed by atoms with Crippen molar-refractivity contribution in [2.24, 2.45) is 5.41 Å². The lowest BCUT2D eigenvalue weighted by Gasteiger charge is -2.26. The highest BCUT2D eigenvalue weighted by atomic mass is 16.5. The van der Waals surface area contributed by atoms with Gasteiger partial charge in [-0.25, -0.2) is 0 Å². The quantitative estimate of drug-likeness (QED) is 0.926. The van der Waals surface area contributed by atoms with E-state index in [2.05, 4.69) is 10.5 Å². The molecule has 7 nitrogen and oxygen atoms in total. The number of hydrogen-bond acceptors (Lipinski definition) is 5. The number of rotatable bonds is 3. The molecular formula is C18H21N3O4. The van der Waals surface area contributed by atoms with Gasteiger partial charge in [0.05, 0.1) is 11.1 Å². The molecule has 1 aliphatic heterocycles. The number of anilines is 2. The second kappa shape index (κ2) is 6.23. The number of amides is 2. The van der Waals surface area contributed by atoms with Gasteiger partial charge in [0.1, 0.15) is 18.1 Å². The van der Waals surface area contributed by atoms with Gasteiger partial charge in [-0.1, -0.05) is 5.16 Å². The molecule has 0 bridgehead atoms. The highest BCUT2D eigenvalue weighted by Crippen LogP contribution is 2.38. The Hall–Kier alpha value is -2.83. The predicted molar refractivity (Wildman–Crippen MR) is 92.9 cm³/mol. The van der Waals surface area contributed by atoms with Crippen LogP contribution in [0.15, 0.2) is 28.8 Å². The van der Waals surface area contributed by atoms with E-state index < -0.39 is 5.41 Å². The van der Waals surface area contributed by atoms with Crippen LogP contribution in [0.4, 0.5) is 11.4 Å². The summed E-state index contributed by atoms with van der Waals surface area (Å²) in [5.74, 6) is 0.780. The van der Waals surface area contributed by atoms with Crippen LogP contribution < -0.4 is 15.0 Å². The van der Waals surface area contributed by atoms with Crippen molar-refractivity contribution in [3.05, 3.63) is 35.7 Å². The molecule has 0 radical (unpaired) electrons. The minimum Gasteiger partial charge on any atom is -0.490 e. The van der Waals surface area contributed by atoms with Gasteiger partial charge in [0.15, 0.2) is 5.69 Å². The lowest BCUT2D eigenvalue weighted by molar-refractivity contribution is -0.127. The minimum absolute atomic E-state index is 0.0172. The summed E-state index contributed by atoms with van der Waals surface area (Å²) in [4.78, 5) is 26.6. The summed E-state index contributed by atoms with van der Waals surface area (Å²) < 4.78 is 10.8. The van der Waals surface area contributed by atoms with Gasteiger partial charge in [0, 0.05) is 24.4 Å². The van der Waals surface area contributed by atoms with Crippen molar-refractivity contribution in [2.75, 3.05) is 23.4 Å². The third-order valence-electron chi connectivity index (χ3n) is 4.10. The Morgan fingerprint density at radius 1 is 1.36 bits per heavy atom. The van der Waals surface area contributed by atoms with Gasteiger partial charge in [-0.05, 0) is 39.8 Å². The molecule has 0 spiro atoms. The largest absolute Gasteiger partial charge is 0.490 e. The van der Waals surface area contributed by atoms with E-state index in [1.54, 1.807) is 36.1 Å². The number of carbonyl (C=O) groups excluding carboxylic acids is 2. The Balaban J connectivity index is 1.88. The van der Waals surface area contributed by atoms with Crippen molar-refractivity contribution in [1.82, 2.24) is 5.16 Å². The zero-order valence-electron chi connectivity index (χ0n) is 14.8. The van der Waals surface area contributed by atoms with E-state index in [1.807, 2.05) is 20.8 Å². The summed E-state index contributed by atoms with van der Waals surface area (Å²) in [6.45, 7) is 8.18. The average Bonchev–Trinajstić information content (AvgIpc) is 2.98. The van der Waals surface area contributed by atoms with Gasteiger partial charge in [-0.2, -0.15) is 0 Å². The molecular weight excluding hydrogens is 322 g/mol. The molecule has 1 aromatic carbocycles. The van der Waals surface area contributed by atoms with Crippen LogP contribution in [0.2, 0.25) is 0 Å². The Kier molecular flexibility index (Phi) is 4.24. The molecule has 1 N–H and O–H groups in total. The molecule has 25 heavy (non-hydrogen) atoms. The van der Waals surface area contributed by atoms with E-state index in [-0.39, 0.29) is 24.1 Å². The molecule has 2 aromatic rings. The predicted octanol–water partition coefficient (Wildman–Crippen LogP) is 3.01. The zero-order valence-corrected chi connectivity index (χ0v) is 14.8. The number of aryl methyl sites for hydroxylation is 1. The number of aromatic nitrogens is 1. The lowest BCUT2D eigenvalue weighted by atomic mass is 9.93. The second-order valence-corrected chi connectivity index (χ2v) is 6.68. The first-order chi connectivity index (χ1) is 11.8. The van der Waals surface area contributed by atoms with Gasteiger partial charge < -0.3 is 19.5 Å². The normalized spacial score (nSPS) is 16.0. The summed E-state index contributed by atoms with van der Waals surface area (Å²) in [5.41, 5.74) is 0.859. The lowest BCUT2D eigenvalue weighted by Crippen LogP contribution is -2.42. The fourth-order valence-electron chi connectivity index (χ4n) is 2.71. The van der Waals surface area contributed by atoms with E-state index >= 15 is 0 Å². The molecule has 3 rings (SSSR count). The van der Waals surface area contributed by atoms with E-state index in [0.29, 0.717) is 29.4 Å². The van der Waals surface area contributed by atoms with Crippen molar-refractivity contribution in [3.8, 4) is 5.75 Å². The first kappa shape index (κ1) is 17.0. The first-order valence-electron chi connectivity index (χ1n) is 8.15. The number of hydrogen-bond donors (Lipinski definition) is 1. The highest BCUT2D eigenvalue weighted by molar-refractivity contribution is 6.04. The van der Waals surface area contributed by atoms with Crippen LogP contribution >= 0.6 is 0 Å². The topological polar surface area (TPSA) is 84.7 Å². The maximum Gasteiger partial charge on any atom is 0.277 e. The van der Waals surface area contributed by atoms with E-state index in [0.717, 1.165) is 0 Å². The van der Waals surface area contributed by atoms with Crippen LogP contribution in [0.1, 0.15) is 37.0 Å². The van der Waals surface area contributed by atoms with Crippen LogP contribution in [0.25, 0.3) is 0 Å². The van der Waals surface area contributed by atoms with Crippen LogP contribution in [0, 0.1) is 12.3 Å². The number of benzene rings is 1. The molecule has 7 heteroatoms. The SMILES string of the molecule is CCN1C(=O)C(C)(C)COc2cc(NC(=O)c3cc(C)on3)ccc21. The molecule has 0 unspecified atom stereocenters. The van der Waals surface area contributed by atoms with Crippen molar-refractivity contribution in [1.29, 1.82) is 0 Å². The monoisotopic (exact) mass is 343 g/mol. The molecule has 1 aliphatic rings. The van der Waals surface area contributed by atoms with E-state index in [9.17, 15) is 9.59 Å². The zero-order chi connectivity index (χ0) is 18.2. The second-order valence-electron chi connectivity index (χ2n) is 6.68. The summed E-state index contributed by atoms with van der Waals surface area (Å²) in [7, 11) is 0. The summed E-state index contributed by atoms with van der Waals surface area (Å²) in [6, 6.07) is 6.80. The third kappa shape index (κ3) is 3.22. The Labute approximate surface area is 145 Å². The molecule has 2 heterocycles. The maximum absolute atomic E-state index is 12.7. The third-order valence-corrected chi connectivity index (χ3v) is 4.10. The summed E-state index contributed by atoms with van der Waals surface area (Å²) in [5, 5.41) is 6.46. The van der Waals surface area contributed by atoms with Crippen molar-refractivity contribution in [3.63, 3.8) is 0 Å². The number of nitrogens with zero attached hydrogens (tertiary/aromatic N) is 2. The number of nitrogens with one attached hydrogen (secondary N) is 1. The number of carbonyl (C=O) groups is 2. The molecule has 0 saturated heterocycles. The van der Waals surface area contributed by atoms with Gasteiger partial charge in [0.25, 0.3) is 5.91 Å². The highest BCUT2D eigenvalue weighted by Gasteiger charge is 2.37. The summed E-state index contributed by atoms with van der Waals surface area (Å²) >= 11 is 0. The summed E-state index contributed by atoms with van der Waals surface area (Å²) in [6.07, 6.45) is 0. The fraction of sp³-hybridized carbons (Fsp3) is 0.389. The molecule has 0 saturated carbocycles. The van der Waals surface area contributed by atoms with Crippen LogP contribution in [-0.4, -0.2) is 30.1 Å². The smallest absolute Gasteiger partial charge is 0.277 e. The maximum atomic E-state index is 12.7. The van der Waals surface area contributed by atoms with Gasteiger partial charge in [0.2, 0.25) is 5.91 Å². The molecule has 0 atom stereocenters. The standard InChI is InChI=1S/C18H21N3O4/c1-5-21-14-7-6-12(19-16(22)13-8-11(2)25-20-13)9-15(14)24-10-18(3,4)17(21)23/h6-9H,5,10H2,1-4H3,(H,19,22). The minimum atomic E-state index is -0.614. The van der Waals surface area contributed by atoms with Crippen LogP contribution in [0.3, 0.4) is 0 Å². The van der Waals surface area contributed by atoms with E-state index in [4.69, 9.17) is 9.26 Å². The Morgan fingerprint density at radius 2 is 2.12 bits per heavy atom. The van der Waals surface area contributed by atoms with Gasteiger partial charge in [-0.3, -0.25) is 9.59 Å². The van der Waals surface area contributed by atoms with E-state index in [1.165, 1.54) is 0 Å². The van der Waals surface area contributed by atoms with Crippen molar-refractivity contribution in [2.45, 2.75) is 27.7 Å². The average molecular weight is 343 g/mol. The fourth-order valence-corrected chi connectivity index (χ4v) is 2.71. The van der Waals surface area contributed by atoms with Gasteiger partial charge in [-0.15, -0.1) is 0 Å². The first-order valence-corrected chi connectivity index (χ1v) is 8.15. The van der Waals surface area contributed by atoms with Crippen LogP contribution in [0.5, 0.6) is 5.75 Å².